The average molecular weight is 546 g/mol. The Hall–Kier alpha value is -2.09. The molecular formula is C28H33Cl2N3O4. The summed E-state index contributed by atoms with van der Waals surface area (Å²) in [7, 11) is 0. The van der Waals surface area contributed by atoms with Crippen LogP contribution >= 0.6 is 23.2 Å². The predicted octanol–water partition coefficient (Wildman–Crippen LogP) is 4.86. The number of hydrogen-bond donors (Lipinski definition) is 2. The minimum atomic E-state index is -1.16. The minimum Gasteiger partial charge on any atom is -0.356 e. The van der Waals surface area contributed by atoms with Crippen molar-refractivity contribution in [3.8, 4) is 0 Å². The summed E-state index contributed by atoms with van der Waals surface area (Å²) in [6.45, 7) is 1.83. The van der Waals surface area contributed by atoms with E-state index >= 15 is 0 Å². The second-order valence-electron chi connectivity index (χ2n) is 11.5. The number of nitrogens with one attached hydrogen (secondary N) is 2. The van der Waals surface area contributed by atoms with Crippen molar-refractivity contribution < 1.29 is 19.1 Å². The molecule has 0 radical (unpaired) electrons. The van der Waals surface area contributed by atoms with Gasteiger partial charge in [0.1, 0.15) is 11.6 Å². The van der Waals surface area contributed by atoms with Gasteiger partial charge in [0.25, 0.3) is 0 Å². The number of carbonyl (C=O) groups excluding carboxylic acids is 3. The highest BCUT2D eigenvalue weighted by Crippen LogP contribution is 2.60. The van der Waals surface area contributed by atoms with Crippen LogP contribution in [0.15, 0.2) is 30.4 Å². The van der Waals surface area contributed by atoms with Gasteiger partial charge in [-0.3, -0.25) is 14.4 Å². The van der Waals surface area contributed by atoms with Crippen LogP contribution < -0.4 is 10.6 Å². The Labute approximate surface area is 227 Å². The van der Waals surface area contributed by atoms with Crippen molar-refractivity contribution >= 4 is 46.6 Å². The fourth-order valence-corrected chi connectivity index (χ4v) is 7.76. The first-order valence-corrected chi connectivity index (χ1v) is 14.3. The number of carbonyl (C=O) groups is 3. The molecule has 3 heterocycles. The number of hydrogen-bond acceptors (Lipinski definition) is 4. The molecule has 2 N–H and O–H groups in total. The lowest BCUT2D eigenvalue weighted by Gasteiger charge is -2.37. The summed E-state index contributed by atoms with van der Waals surface area (Å²) in [6, 6.07) is 4.20. The standard InChI is InChI=1S/C28H33Cl2N3O4/c1-27-13-14-28(37-27)22(21(27)24(34)32-17-11-12-19(29)20(30)15-17)26(36)33(18-9-5-6-10-18)23(28)25(35)31-16-7-3-2-4-8-16/h11-16,18,21-23H,2-10H2,1H3,(H,31,35)(H,32,34). The minimum absolute atomic E-state index is 0.0165. The van der Waals surface area contributed by atoms with Gasteiger partial charge in [-0.2, -0.15) is 0 Å². The van der Waals surface area contributed by atoms with E-state index in [1.807, 2.05) is 19.1 Å². The molecule has 3 amide bonds. The van der Waals surface area contributed by atoms with Crippen LogP contribution in [0.2, 0.25) is 10.0 Å². The Morgan fingerprint density at radius 2 is 1.68 bits per heavy atom. The molecular weight excluding hydrogens is 513 g/mol. The third kappa shape index (κ3) is 4.00. The number of likely N-dealkylation sites (tertiary alicyclic amines) is 1. The maximum atomic E-state index is 14.2. The highest BCUT2D eigenvalue weighted by molar-refractivity contribution is 6.42. The van der Waals surface area contributed by atoms with Gasteiger partial charge in [-0.15, -0.1) is 0 Å². The number of halogens is 2. The molecule has 0 aromatic heterocycles. The summed E-state index contributed by atoms with van der Waals surface area (Å²) in [6.07, 6.45) is 12.8. The Morgan fingerprint density at radius 3 is 2.38 bits per heavy atom. The zero-order valence-electron chi connectivity index (χ0n) is 21.0. The van der Waals surface area contributed by atoms with Crippen molar-refractivity contribution in [1.29, 1.82) is 0 Å². The van der Waals surface area contributed by atoms with Crippen LogP contribution in [0.1, 0.15) is 64.7 Å². The van der Waals surface area contributed by atoms with Crippen molar-refractivity contribution in [2.24, 2.45) is 11.8 Å². The number of nitrogens with zero attached hydrogens (tertiary/aromatic N) is 1. The molecule has 2 bridgehead atoms. The normalized spacial score (nSPS) is 35.3. The highest BCUT2D eigenvalue weighted by atomic mass is 35.5. The lowest BCUT2D eigenvalue weighted by Crippen LogP contribution is -2.58. The van der Waals surface area contributed by atoms with Crippen LogP contribution in [-0.4, -0.2) is 51.9 Å². The third-order valence-electron chi connectivity index (χ3n) is 9.12. The fourth-order valence-electron chi connectivity index (χ4n) is 7.47. The van der Waals surface area contributed by atoms with E-state index in [0.717, 1.165) is 51.4 Å². The van der Waals surface area contributed by atoms with Crippen molar-refractivity contribution in [3.05, 3.63) is 40.4 Å². The first-order chi connectivity index (χ1) is 17.7. The largest absolute Gasteiger partial charge is 0.356 e. The summed E-state index contributed by atoms with van der Waals surface area (Å²) in [5, 5.41) is 6.90. The van der Waals surface area contributed by atoms with Gasteiger partial charge in [0.2, 0.25) is 17.7 Å². The molecule has 5 aliphatic rings. The number of ether oxygens (including phenoxy) is 1. The van der Waals surface area contributed by atoms with Crippen molar-refractivity contribution in [1.82, 2.24) is 10.2 Å². The molecule has 6 rings (SSSR count). The zero-order chi connectivity index (χ0) is 25.9. The van der Waals surface area contributed by atoms with Gasteiger partial charge in [0, 0.05) is 17.8 Å². The molecule has 198 valence electrons. The van der Waals surface area contributed by atoms with Gasteiger partial charge in [-0.25, -0.2) is 0 Å². The Bertz CT molecular complexity index is 1160. The molecule has 7 nitrogen and oxygen atoms in total. The molecule has 1 aromatic carbocycles. The molecule has 4 fully saturated rings. The smallest absolute Gasteiger partial charge is 0.246 e. The maximum absolute atomic E-state index is 14.2. The fraction of sp³-hybridized carbons (Fsp3) is 0.607. The first kappa shape index (κ1) is 25.2. The van der Waals surface area contributed by atoms with E-state index in [2.05, 4.69) is 10.6 Å². The van der Waals surface area contributed by atoms with Gasteiger partial charge < -0.3 is 20.3 Å². The van der Waals surface area contributed by atoms with E-state index in [1.54, 1.807) is 23.1 Å². The van der Waals surface area contributed by atoms with Gasteiger partial charge in [0.15, 0.2) is 0 Å². The Morgan fingerprint density at radius 1 is 0.973 bits per heavy atom. The van der Waals surface area contributed by atoms with E-state index < -0.39 is 29.1 Å². The molecule has 2 saturated heterocycles. The van der Waals surface area contributed by atoms with E-state index in [1.165, 1.54) is 6.42 Å². The van der Waals surface area contributed by atoms with E-state index in [4.69, 9.17) is 27.9 Å². The molecule has 1 spiro atoms. The second kappa shape index (κ2) is 9.28. The van der Waals surface area contributed by atoms with Crippen LogP contribution in [0.4, 0.5) is 5.69 Å². The topological polar surface area (TPSA) is 87.7 Å². The molecule has 3 aliphatic heterocycles. The second-order valence-corrected chi connectivity index (χ2v) is 12.3. The monoisotopic (exact) mass is 545 g/mol. The predicted molar refractivity (Wildman–Crippen MR) is 141 cm³/mol. The summed E-state index contributed by atoms with van der Waals surface area (Å²) < 4.78 is 6.63. The van der Waals surface area contributed by atoms with E-state index in [9.17, 15) is 14.4 Å². The van der Waals surface area contributed by atoms with Crippen LogP contribution in [0.25, 0.3) is 0 Å². The van der Waals surface area contributed by atoms with Gasteiger partial charge in [-0.1, -0.05) is 67.5 Å². The average Bonchev–Trinajstić information content (AvgIpc) is 3.61. The zero-order valence-corrected chi connectivity index (χ0v) is 22.5. The highest BCUT2D eigenvalue weighted by Gasteiger charge is 2.76. The molecule has 1 aromatic rings. The number of benzene rings is 1. The van der Waals surface area contributed by atoms with Crippen LogP contribution in [0.5, 0.6) is 0 Å². The molecule has 2 aliphatic carbocycles. The molecule has 9 heteroatoms. The summed E-state index contributed by atoms with van der Waals surface area (Å²) in [5.74, 6) is -2.19. The van der Waals surface area contributed by atoms with Gasteiger partial charge in [-0.05, 0) is 50.8 Å². The Balaban J connectivity index is 1.34. The van der Waals surface area contributed by atoms with Crippen molar-refractivity contribution in [2.45, 2.75) is 94.0 Å². The quantitative estimate of drug-likeness (QED) is 0.517. The van der Waals surface area contributed by atoms with Gasteiger partial charge >= 0.3 is 0 Å². The van der Waals surface area contributed by atoms with Crippen LogP contribution in [0, 0.1) is 11.8 Å². The van der Waals surface area contributed by atoms with Crippen molar-refractivity contribution in [2.75, 3.05) is 5.32 Å². The number of fused-ring (bicyclic) bond motifs is 1. The first-order valence-electron chi connectivity index (χ1n) is 13.5. The lowest BCUT2D eigenvalue weighted by molar-refractivity contribution is -0.146. The van der Waals surface area contributed by atoms with E-state index in [0.29, 0.717) is 15.7 Å². The van der Waals surface area contributed by atoms with Gasteiger partial charge in [0.05, 0.1) is 27.5 Å². The number of rotatable bonds is 5. The maximum Gasteiger partial charge on any atom is 0.246 e. The molecule has 5 unspecified atom stereocenters. The SMILES string of the molecule is CC12C=CC3(O1)C(C(=O)N(C1CCCC1)C3C(=O)NC1CCCCC1)C2C(=O)Nc1ccc(Cl)c(Cl)c1. The van der Waals surface area contributed by atoms with Crippen molar-refractivity contribution in [3.63, 3.8) is 0 Å². The molecule has 37 heavy (non-hydrogen) atoms. The summed E-state index contributed by atoms with van der Waals surface area (Å²) in [5.41, 5.74) is -1.66. The summed E-state index contributed by atoms with van der Waals surface area (Å²) >= 11 is 12.2. The lowest BCUT2D eigenvalue weighted by atomic mass is 9.70. The summed E-state index contributed by atoms with van der Waals surface area (Å²) in [4.78, 5) is 43.7. The van der Waals surface area contributed by atoms with Crippen LogP contribution in [-0.2, 0) is 19.1 Å². The Kier molecular flexibility index (Phi) is 6.32. The number of anilines is 1. The van der Waals surface area contributed by atoms with E-state index in [-0.39, 0.29) is 29.8 Å². The number of amides is 3. The third-order valence-corrected chi connectivity index (χ3v) is 9.86. The molecule has 5 atom stereocenters. The van der Waals surface area contributed by atoms with Crippen LogP contribution in [0.3, 0.4) is 0 Å². The molecule has 2 saturated carbocycles.